The second-order valence-corrected chi connectivity index (χ2v) is 7.78. The minimum atomic E-state index is 0.0117. The number of rotatable bonds is 8. The lowest BCUT2D eigenvalue weighted by molar-refractivity contribution is -0.127. The maximum atomic E-state index is 12.7. The third kappa shape index (κ3) is 4.80. The minimum Gasteiger partial charge on any atom is -0.497 e. The summed E-state index contributed by atoms with van der Waals surface area (Å²) < 4.78 is 12.7. The van der Waals surface area contributed by atoms with E-state index in [2.05, 4.69) is 10.2 Å². The number of hydrogen-bond acceptors (Lipinski definition) is 6. The number of ether oxygens (including phenoxy) is 1. The summed E-state index contributed by atoms with van der Waals surface area (Å²) in [5.74, 6) is 2.18. The van der Waals surface area contributed by atoms with Crippen LogP contribution in [0.15, 0.2) is 82.6 Å². The first kappa shape index (κ1) is 20.7. The Kier molecular flexibility index (Phi) is 6.37. The van der Waals surface area contributed by atoms with Crippen molar-refractivity contribution >= 4 is 17.7 Å². The van der Waals surface area contributed by atoms with Gasteiger partial charge in [0.2, 0.25) is 11.7 Å². The van der Waals surface area contributed by atoms with Gasteiger partial charge in [0, 0.05) is 13.6 Å². The van der Waals surface area contributed by atoms with E-state index < -0.39 is 0 Å². The molecule has 0 atom stereocenters. The van der Waals surface area contributed by atoms with E-state index in [4.69, 9.17) is 9.15 Å². The van der Waals surface area contributed by atoms with Gasteiger partial charge < -0.3 is 14.1 Å². The molecule has 0 saturated heterocycles. The summed E-state index contributed by atoms with van der Waals surface area (Å²) in [6, 6.07) is 21.1. The highest BCUT2D eigenvalue weighted by Crippen LogP contribution is 2.29. The molecule has 0 aliphatic heterocycles. The molecule has 0 saturated carbocycles. The lowest BCUT2D eigenvalue weighted by atomic mass is 10.2. The maximum Gasteiger partial charge on any atom is 0.233 e. The average Bonchev–Trinajstić information content (AvgIpc) is 3.48. The lowest BCUT2D eigenvalue weighted by Gasteiger charge is -2.17. The standard InChI is InChI=1S/C23H22N4O3S/c1-26(15-17-7-4-3-5-8-17)21(28)16-31-23-25-24-22(20-9-6-14-30-20)27(23)18-10-12-19(29-2)13-11-18/h3-14H,15-16H2,1-2H3. The third-order valence-electron chi connectivity index (χ3n) is 4.72. The Morgan fingerprint density at radius 2 is 1.84 bits per heavy atom. The Morgan fingerprint density at radius 3 is 2.52 bits per heavy atom. The van der Waals surface area contributed by atoms with Crippen LogP contribution in [0.25, 0.3) is 17.3 Å². The molecule has 2 aromatic carbocycles. The van der Waals surface area contributed by atoms with Crippen LogP contribution in [0.1, 0.15) is 5.56 Å². The van der Waals surface area contributed by atoms with E-state index in [9.17, 15) is 4.79 Å². The molecule has 4 rings (SSSR count). The van der Waals surface area contributed by atoms with E-state index in [1.807, 2.05) is 65.2 Å². The number of carbonyl (C=O) groups excluding carboxylic acids is 1. The highest BCUT2D eigenvalue weighted by atomic mass is 32.2. The van der Waals surface area contributed by atoms with E-state index in [0.717, 1.165) is 17.0 Å². The number of thioether (sulfide) groups is 1. The number of hydrogen-bond donors (Lipinski definition) is 0. The summed E-state index contributed by atoms with van der Waals surface area (Å²) in [5, 5.41) is 9.24. The lowest BCUT2D eigenvalue weighted by Crippen LogP contribution is -2.27. The molecule has 0 fully saturated rings. The Balaban J connectivity index is 1.54. The largest absolute Gasteiger partial charge is 0.497 e. The molecule has 7 nitrogen and oxygen atoms in total. The van der Waals surface area contributed by atoms with E-state index >= 15 is 0 Å². The summed E-state index contributed by atoms with van der Waals surface area (Å²) in [6.07, 6.45) is 1.59. The summed E-state index contributed by atoms with van der Waals surface area (Å²) in [6.45, 7) is 0.559. The molecule has 8 heteroatoms. The molecule has 4 aromatic rings. The van der Waals surface area contributed by atoms with Crippen molar-refractivity contribution in [3.63, 3.8) is 0 Å². The van der Waals surface area contributed by atoms with Crippen LogP contribution in [0.4, 0.5) is 0 Å². The molecule has 0 radical (unpaired) electrons. The van der Waals surface area contributed by atoms with Gasteiger partial charge in [0.05, 0.1) is 24.8 Å². The molecular weight excluding hydrogens is 412 g/mol. The van der Waals surface area contributed by atoms with Gasteiger partial charge in [-0.25, -0.2) is 0 Å². The van der Waals surface area contributed by atoms with Crippen LogP contribution in [0.3, 0.4) is 0 Å². The van der Waals surface area contributed by atoms with E-state index in [1.54, 1.807) is 31.4 Å². The van der Waals surface area contributed by atoms with E-state index in [0.29, 0.717) is 23.3 Å². The van der Waals surface area contributed by atoms with Gasteiger partial charge in [0.25, 0.3) is 0 Å². The van der Waals surface area contributed by atoms with Gasteiger partial charge in [-0.3, -0.25) is 9.36 Å². The van der Waals surface area contributed by atoms with Crippen molar-refractivity contribution in [2.45, 2.75) is 11.7 Å². The van der Waals surface area contributed by atoms with Gasteiger partial charge in [-0.2, -0.15) is 0 Å². The number of carbonyl (C=O) groups is 1. The molecule has 0 bridgehead atoms. The van der Waals surface area contributed by atoms with Gasteiger partial charge in [-0.15, -0.1) is 10.2 Å². The van der Waals surface area contributed by atoms with Crippen molar-refractivity contribution in [1.29, 1.82) is 0 Å². The molecule has 158 valence electrons. The van der Waals surface area contributed by atoms with Crippen LogP contribution in [0, 0.1) is 0 Å². The van der Waals surface area contributed by atoms with Crippen LogP contribution < -0.4 is 4.74 Å². The van der Waals surface area contributed by atoms with Crippen LogP contribution in [0.5, 0.6) is 5.75 Å². The number of methoxy groups -OCH3 is 1. The predicted octanol–water partition coefficient (Wildman–Crippen LogP) is 4.29. The van der Waals surface area contributed by atoms with Crippen LogP contribution in [-0.4, -0.2) is 45.5 Å². The van der Waals surface area contributed by atoms with E-state index in [1.165, 1.54) is 11.8 Å². The molecule has 0 spiro atoms. The van der Waals surface area contributed by atoms with Gasteiger partial charge in [-0.1, -0.05) is 42.1 Å². The van der Waals surface area contributed by atoms with Crippen molar-refractivity contribution in [3.05, 3.63) is 78.6 Å². The van der Waals surface area contributed by atoms with Crippen molar-refractivity contribution in [2.24, 2.45) is 0 Å². The predicted molar refractivity (Wildman–Crippen MR) is 119 cm³/mol. The first-order chi connectivity index (χ1) is 15.2. The second-order valence-electron chi connectivity index (χ2n) is 6.84. The summed E-state index contributed by atoms with van der Waals surface area (Å²) >= 11 is 1.34. The number of nitrogens with zero attached hydrogens (tertiary/aromatic N) is 4. The second kappa shape index (κ2) is 9.53. The number of aromatic nitrogens is 3. The van der Waals surface area contributed by atoms with Gasteiger partial charge in [0.1, 0.15) is 5.75 Å². The number of amides is 1. The molecule has 2 heterocycles. The van der Waals surface area contributed by atoms with Crippen LogP contribution in [0.2, 0.25) is 0 Å². The zero-order valence-electron chi connectivity index (χ0n) is 17.3. The molecule has 0 unspecified atom stereocenters. The zero-order chi connectivity index (χ0) is 21.6. The first-order valence-corrected chi connectivity index (χ1v) is 10.7. The van der Waals surface area contributed by atoms with Crippen molar-refractivity contribution in [3.8, 4) is 23.0 Å². The van der Waals surface area contributed by atoms with Crippen molar-refractivity contribution in [1.82, 2.24) is 19.7 Å². The number of benzene rings is 2. The van der Waals surface area contributed by atoms with Crippen LogP contribution in [-0.2, 0) is 11.3 Å². The Morgan fingerprint density at radius 1 is 1.06 bits per heavy atom. The Bertz CT molecular complexity index is 1130. The maximum absolute atomic E-state index is 12.7. The number of furan rings is 1. The fraction of sp³-hybridized carbons (Fsp3) is 0.174. The quantitative estimate of drug-likeness (QED) is 0.385. The highest BCUT2D eigenvalue weighted by Gasteiger charge is 2.20. The summed E-state index contributed by atoms with van der Waals surface area (Å²) in [4.78, 5) is 14.4. The molecule has 0 aliphatic rings. The molecule has 1 amide bonds. The normalized spacial score (nSPS) is 10.8. The van der Waals surface area contributed by atoms with Crippen LogP contribution >= 0.6 is 11.8 Å². The summed E-state index contributed by atoms with van der Waals surface area (Å²) in [5.41, 5.74) is 1.94. The van der Waals surface area contributed by atoms with Gasteiger partial charge >= 0.3 is 0 Å². The summed E-state index contributed by atoms with van der Waals surface area (Å²) in [7, 11) is 3.43. The Labute approximate surface area is 184 Å². The van der Waals surface area contributed by atoms with Crippen molar-refractivity contribution < 1.29 is 13.9 Å². The first-order valence-electron chi connectivity index (χ1n) is 9.70. The molecule has 0 N–H and O–H groups in total. The topological polar surface area (TPSA) is 73.4 Å². The molecular formula is C23H22N4O3S. The highest BCUT2D eigenvalue weighted by molar-refractivity contribution is 7.99. The molecule has 2 aromatic heterocycles. The fourth-order valence-electron chi connectivity index (χ4n) is 3.07. The monoisotopic (exact) mass is 434 g/mol. The fourth-order valence-corrected chi connectivity index (χ4v) is 3.97. The molecule has 0 aliphatic carbocycles. The van der Waals surface area contributed by atoms with Gasteiger partial charge in [-0.05, 0) is 42.0 Å². The van der Waals surface area contributed by atoms with Gasteiger partial charge in [0.15, 0.2) is 10.9 Å². The molecule has 31 heavy (non-hydrogen) atoms. The van der Waals surface area contributed by atoms with Crippen molar-refractivity contribution in [2.75, 3.05) is 19.9 Å². The minimum absolute atomic E-state index is 0.0117. The Hall–Kier alpha value is -3.52. The third-order valence-corrected chi connectivity index (χ3v) is 5.63. The average molecular weight is 435 g/mol. The zero-order valence-corrected chi connectivity index (χ0v) is 18.1. The van der Waals surface area contributed by atoms with E-state index in [-0.39, 0.29) is 11.7 Å². The smallest absolute Gasteiger partial charge is 0.233 e. The SMILES string of the molecule is COc1ccc(-n2c(SCC(=O)N(C)Cc3ccccc3)nnc2-c2ccco2)cc1.